The van der Waals surface area contributed by atoms with Crippen LogP contribution in [0.15, 0.2) is 48.5 Å². The van der Waals surface area contributed by atoms with Crippen molar-refractivity contribution in [3.8, 4) is 0 Å². The topological polar surface area (TPSA) is 26.0 Å². The molecule has 0 aliphatic rings. The Hall–Kier alpha value is -1.38. The van der Waals surface area contributed by atoms with Gasteiger partial charge >= 0.3 is 0 Å². The lowest BCUT2D eigenvalue weighted by Gasteiger charge is -2.23. The molecule has 2 N–H and O–H groups in total. The maximum absolute atomic E-state index is 13.8. The van der Waals surface area contributed by atoms with Crippen LogP contribution >= 0.6 is 11.6 Å². The summed E-state index contributed by atoms with van der Waals surface area (Å²) in [5.41, 5.74) is 8.08. The van der Waals surface area contributed by atoms with Gasteiger partial charge < -0.3 is 5.73 Å². The van der Waals surface area contributed by atoms with Crippen molar-refractivity contribution in [2.75, 3.05) is 0 Å². The van der Waals surface area contributed by atoms with Gasteiger partial charge in [-0.3, -0.25) is 0 Å². The molecular formula is C17H19ClFN. The summed E-state index contributed by atoms with van der Waals surface area (Å²) < 4.78 is 13.8. The Morgan fingerprint density at radius 2 is 1.85 bits per heavy atom. The van der Waals surface area contributed by atoms with E-state index in [4.69, 9.17) is 17.3 Å². The zero-order valence-corrected chi connectivity index (χ0v) is 12.3. The Kier molecular flexibility index (Phi) is 5.16. The molecule has 0 saturated heterocycles. The Labute approximate surface area is 124 Å². The first kappa shape index (κ1) is 15.0. The van der Waals surface area contributed by atoms with Crippen LogP contribution in [0.2, 0.25) is 5.02 Å². The first-order valence-electron chi connectivity index (χ1n) is 6.86. The van der Waals surface area contributed by atoms with E-state index in [1.165, 1.54) is 11.6 Å². The lowest BCUT2D eigenvalue weighted by atomic mass is 9.86. The summed E-state index contributed by atoms with van der Waals surface area (Å²) in [7, 11) is 0. The normalized spacial score (nSPS) is 14.0. The second-order valence-electron chi connectivity index (χ2n) is 5.03. The van der Waals surface area contributed by atoms with E-state index in [9.17, 15) is 4.39 Å². The minimum Gasteiger partial charge on any atom is -0.327 e. The van der Waals surface area contributed by atoms with Gasteiger partial charge in [-0.15, -0.1) is 0 Å². The highest BCUT2D eigenvalue weighted by atomic mass is 35.5. The lowest BCUT2D eigenvalue weighted by molar-refractivity contribution is 0.502. The van der Waals surface area contributed by atoms with E-state index < -0.39 is 0 Å². The SMILES string of the molecule is CCC(c1ccccc1)C(N)Cc1cc(Cl)ccc1F. The third-order valence-electron chi connectivity index (χ3n) is 3.65. The molecule has 0 saturated carbocycles. The molecule has 20 heavy (non-hydrogen) atoms. The quantitative estimate of drug-likeness (QED) is 0.860. The Morgan fingerprint density at radius 3 is 2.50 bits per heavy atom. The smallest absolute Gasteiger partial charge is 0.126 e. The van der Waals surface area contributed by atoms with Crippen LogP contribution in [0.1, 0.15) is 30.4 Å². The monoisotopic (exact) mass is 291 g/mol. The predicted molar refractivity (Wildman–Crippen MR) is 82.6 cm³/mol. The molecule has 0 aromatic heterocycles. The fourth-order valence-electron chi connectivity index (χ4n) is 2.58. The van der Waals surface area contributed by atoms with Gasteiger partial charge in [0.2, 0.25) is 0 Å². The van der Waals surface area contributed by atoms with Gasteiger partial charge in [0.1, 0.15) is 5.82 Å². The average Bonchev–Trinajstić information content (AvgIpc) is 2.45. The fourth-order valence-corrected chi connectivity index (χ4v) is 2.78. The maximum atomic E-state index is 13.8. The zero-order valence-electron chi connectivity index (χ0n) is 11.5. The fraction of sp³-hybridized carbons (Fsp3) is 0.294. The molecule has 2 atom stereocenters. The molecule has 1 nitrogen and oxygen atoms in total. The number of hydrogen-bond donors (Lipinski definition) is 1. The summed E-state index contributed by atoms with van der Waals surface area (Å²) in [5, 5.41) is 0.543. The molecule has 0 amide bonds. The average molecular weight is 292 g/mol. The summed E-state index contributed by atoms with van der Waals surface area (Å²) in [6.07, 6.45) is 1.41. The van der Waals surface area contributed by atoms with Gasteiger partial charge in [0.05, 0.1) is 0 Å². The van der Waals surface area contributed by atoms with Crippen LogP contribution in [0.4, 0.5) is 4.39 Å². The molecule has 0 aliphatic carbocycles. The van der Waals surface area contributed by atoms with Crippen LogP contribution in [-0.4, -0.2) is 6.04 Å². The van der Waals surface area contributed by atoms with Gasteiger partial charge in [-0.25, -0.2) is 4.39 Å². The molecular weight excluding hydrogens is 273 g/mol. The lowest BCUT2D eigenvalue weighted by Crippen LogP contribution is -2.30. The van der Waals surface area contributed by atoms with E-state index in [-0.39, 0.29) is 17.8 Å². The van der Waals surface area contributed by atoms with E-state index in [1.807, 2.05) is 18.2 Å². The van der Waals surface area contributed by atoms with Crippen LogP contribution in [0.5, 0.6) is 0 Å². The number of nitrogens with two attached hydrogens (primary N) is 1. The molecule has 0 bridgehead atoms. The van der Waals surface area contributed by atoms with Crippen molar-refractivity contribution < 1.29 is 4.39 Å². The molecule has 3 heteroatoms. The first-order chi connectivity index (χ1) is 9.61. The van der Waals surface area contributed by atoms with Gasteiger partial charge in [-0.05, 0) is 48.1 Å². The number of hydrogen-bond acceptors (Lipinski definition) is 1. The largest absolute Gasteiger partial charge is 0.327 e. The summed E-state index contributed by atoms with van der Waals surface area (Å²) in [4.78, 5) is 0. The molecule has 0 fully saturated rings. The van der Waals surface area contributed by atoms with Gasteiger partial charge in [0.15, 0.2) is 0 Å². The summed E-state index contributed by atoms with van der Waals surface area (Å²) in [6.45, 7) is 2.10. The van der Waals surface area contributed by atoms with Gasteiger partial charge in [-0.1, -0.05) is 48.9 Å². The molecule has 2 aromatic carbocycles. The summed E-state index contributed by atoms with van der Waals surface area (Å²) in [5.74, 6) is -0.0256. The minimum absolute atomic E-state index is 0.129. The second-order valence-corrected chi connectivity index (χ2v) is 5.47. The van der Waals surface area contributed by atoms with Crippen LogP contribution in [0, 0.1) is 5.82 Å². The molecule has 2 rings (SSSR count). The highest BCUT2D eigenvalue weighted by Gasteiger charge is 2.19. The van der Waals surface area contributed by atoms with Crippen molar-refractivity contribution in [1.29, 1.82) is 0 Å². The Bertz CT molecular complexity index is 556. The number of halogens is 2. The van der Waals surface area contributed by atoms with E-state index in [0.717, 1.165) is 6.42 Å². The van der Waals surface area contributed by atoms with Crippen molar-refractivity contribution >= 4 is 11.6 Å². The molecule has 0 heterocycles. The molecule has 2 aromatic rings. The van der Waals surface area contributed by atoms with Gasteiger partial charge in [0, 0.05) is 11.1 Å². The molecule has 2 unspecified atom stereocenters. The summed E-state index contributed by atoms with van der Waals surface area (Å²) in [6, 6.07) is 14.6. The summed E-state index contributed by atoms with van der Waals surface area (Å²) >= 11 is 5.92. The third kappa shape index (κ3) is 3.59. The van der Waals surface area contributed by atoms with E-state index in [0.29, 0.717) is 17.0 Å². The highest BCUT2D eigenvalue weighted by Crippen LogP contribution is 2.25. The van der Waals surface area contributed by atoms with Crippen LogP contribution in [-0.2, 0) is 6.42 Å². The Morgan fingerprint density at radius 1 is 1.15 bits per heavy atom. The first-order valence-corrected chi connectivity index (χ1v) is 7.24. The molecule has 0 aliphatic heterocycles. The minimum atomic E-state index is -0.243. The molecule has 0 spiro atoms. The van der Waals surface area contributed by atoms with Crippen molar-refractivity contribution in [3.63, 3.8) is 0 Å². The predicted octanol–water partition coefficient (Wildman–Crippen LogP) is 4.54. The number of rotatable bonds is 5. The number of benzene rings is 2. The van der Waals surface area contributed by atoms with E-state index >= 15 is 0 Å². The van der Waals surface area contributed by atoms with E-state index in [2.05, 4.69) is 19.1 Å². The van der Waals surface area contributed by atoms with Crippen LogP contribution in [0.25, 0.3) is 0 Å². The molecule has 106 valence electrons. The molecule has 0 radical (unpaired) electrons. The standard InChI is InChI=1S/C17H19ClFN/c1-2-15(12-6-4-3-5-7-12)17(20)11-13-10-14(18)8-9-16(13)19/h3-10,15,17H,2,11,20H2,1H3. The maximum Gasteiger partial charge on any atom is 0.126 e. The van der Waals surface area contributed by atoms with Crippen molar-refractivity contribution in [1.82, 2.24) is 0 Å². The van der Waals surface area contributed by atoms with E-state index in [1.54, 1.807) is 12.1 Å². The zero-order chi connectivity index (χ0) is 14.5. The second kappa shape index (κ2) is 6.87. The highest BCUT2D eigenvalue weighted by molar-refractivity contribution is 6.30. The van der Waals surface area contributed by atoms with Gasteiger partial charge in [-0.2, -0.15) is 0 Å². The van der Waals surface area contributed by atoms with Crippen molar-refractivity contribution in [3.05, 3.63) is 70.5 Å². The Balaban J connectivity index is 2.17. The van der Waals surface area contributed by atoms with Crippen LogP contribution in [0.3, 0.4) is 0 Å². The van der Waals surface area contributed by atoms with Crippen molar-refractivity contribution in [2.45, 2.75) is 31.7 Å². The van der Waals surface area contributed by atoms with Gasteiger partial charge in [0.25, 0.3) is 0 Å². The van der Waals surface area contributed by atoms with Crippen LogP contribution < -0.4 is 5.73 Å². The third-order valence-corrected chi connectivity index (χ3v) is 3.88. The van der Waals surface area contributed by atoms with Crippen molar-refractivity contribution in [2.24, 2.45) is 5.73 Å².